The number of rotatable bonds is 4. The molecule has 2 aromatic heterocycles. The summed E-state index contributed by atoms with van der Waals surface area (Å²) < 4.78 is 1.93. The molecule has 0 aliphatic heterocycles. The highest BCUT2D eigenvalue weighted by molar-refractivity contribution is 5.66. The standard InChI is InChI=1S/C12H13N3O2/c1-9-14-10(2-3-12(16)17)8-15(9)11-4-6-13-7-5-11/h4-8H,2-3H2,1H3,(H,16,17). The molecule has 2 rings (SSSR count). The molecule has 2 heterocycles. The van der Waals surface area contributed by atoms with Gasteiger partial charge in [-0.15, -0.1) is 0 Å². The molecule has 2 aromatic rings. The maximum atomic E-state index is 10.5. The van der Waals surface area contributed by atoms with E-state index in [1.165, 1.54) is 0 Å². The van der Waals surface area contributed by atoms with E-state index in [0.29, 0.717) is 6.42 Å². The van der Waals surface area contributed by atoms with Gasteiger partial charge in [-0.1, -0.05) is 0 Å². The number of carboxylic acid groups (broad SMARTS) is 1. The van der Waals surface area contributed by atoms with E-state index in [2.05, 4.69) is 9.97 Å². The van der Waals surface area contributed by atoms with Crippen LogP contribution in [0, 0.1) is 6.92 Å². The fourth-order valence-electron chi connectivity index (χ4n) is 1.65. The highest BCUT2D eigenvalue weighted by Crippen LogP contribution is 2.12. The fourth-order valence-corrected chi connectivity index (χ4v) is 1.65. The van der Waals surface area contributed by atoms with Crippen molar-refractivity contribution in [3.05, 3.63) is 42.2 Å². The van der Waals surface area contributed by atoms with Crippen molar-refractivity contribution < 1.29 is 9.90 Å². The minimum Gasteiger partial charge on any atom is -0.481 e. The van der Waals surface area contributed by atoms with Crippen LogP contribution in [0.5, 0.6) is 0 Å². The van der Waals surface area contributed by atoms with Crippen LogP contribution in [0.2, 0.25) is 0 Å². The summed E-state index contributed by atoms with van der Waals surface area (Å²) in [5.74, 6) is 0.0395. The van der Waals surface area contributed by atoms with Gasteiger partial charge >= 0.3 is 5.97 Å². The minimum absolute atomic E-state index is 0.104. The Bertz CT molecular complexity index is 520. The van der Waals surface area contributed by atoms with Crippen LogP contribution in [0.15, 0.2) is 30.7 Å². The first-order chi connectivity index (χ1) is 8.16. The fraction of sp³-hybridized carbons (Fsp3) is 0.250. The predicted molar refractivity (Wildman–Crippen MR) is 62.1 cm³/mol. The van der Waals surface area contributed by atoms with Crippen LogP contribution in [0.1, 0.15) is 17.9 Å². The van der Waals surface area contributed by atoms with Gasteiger partial charge in [-0.05, 0) is 19.1 Å². The molecule has 1 N–H and O–H groups in total. The largest absolute Gasteiger partial charge is 0.481 e. The lowest BCUT2D eigenvalue weighted by Crippen LogP contribution is -1.97. The normalized spacial score (nSPS) is 10.4. The van der Waals surface area contributed by atoms with Gasteiger partial charge in [0.25, 0.3) is 0 Å². The summed E-state index contributed by atoms with van der Waals surface area (Å²) in [5.41, 5.74) is 1.77. The van der Waals surface area contributed by atoms with Crippen molar-refractivity contribution in [1.82, 2.24) is 14.5 Å². The molecule has 0 aliphatic carbocycles. The van der Waals surface area contributed by atoms with Crippen LogP contribution in [-0.2, 0) is 11.2 Å². The van der Waals surface area contributed by atoms with Gasteiger partial charge in [0, 0.05) is 30.7 Å². The van der Waals surface area contributed by atoms with Gasteiger partial charge in [-0.2, -0.15) is 0 Å². The maximum Gasteiger partial charge on any atom is 0.303 e. The molecular formula is C12H13N3O2. The van der Waals surface area contributed by atoms with Crippen LogP contribution in [0.4, 0.5) is 0 Å². The number of hydrogen-bond acceptors (Lipinski definition) is 3. The van der Waals surface area contributed by atoms with Crippen molar-refractivity contribution in [2.24, 2.45) is 0 Å². The van der Waals surface area contributed by atoms with Crippen molar-refractivity contribution in [3.8, 4) is 5.69 Å². The molecule has 88 valence electrons. The summed E-state index contributed by atoms with van der Waals surface area (Å²) in [6.45, 7) is 1.89. The number of pyridine rings is 1. The van der Waals surface area contributed by atoms with Crippen molar-refractivity contribution >= 4 is 5.97 Å². The van der Waals surface area contributed by atoms with Crippen molar-refractivity contribution in [2.75, 3.05) is 0 Å². The zero-order valence-electron chi connectivity index (χ0n) is 9.50. The molecule has 0 atom stereocenters. The Morgan fingerprint density at radius 3 is 2.76 bits per heavy atom. The van der Waals surface area contributed by atoms with E-state index < -0.39 is 5.97 Å². The number of imidazole rings is 1. The summed E-state index contributed by atoms with van der Waals surface area (Å²) in [5, 5.41) is 8.63. The Morgan fingerprint density at radius 2 is 2.12 bits per heavy atom. The third kappa shape index (κ3) is 2.69. The number of carbonyl (C=O) groups is 1. The smallest absolute Gasteiger partial charge is 0.303 e. The highest BCUT2D eigenvalue weighted by Gasteiger charge is 2.07. The van der Waals surface area contributed by atoms with E-state index in [-0.39, 0.29) is 6.42 Å². The molecule has 5 heteroatoms. The molecule has 0 unspecified atom stereocenters. The molecule has 0 aliphatic rings. The number of hydrogen-bond donors (Lipinski definition) is 1. The predicted octanol–water partition coefficient (Wildman–Crippen LogP) is 1.59. The third-order valence-electron chi connectivity index (χ3n) is 2.47. The molecular weight excluding hydrogens is 218 g/mol. The molecule has 17 heavy (non-hydrogen) atoms. The average molecular weight is 231 g/mol. The van der Waals surface area contributed by atoms with E-state index in [9.17, 15) is 4.79 Å². The van der Waals surface area contributed by atoms with Gasteiger partial charge < -0.3 is 9.67 Å². The molecule has 0 spiro atoms. The van der Waals surface area contributed by atoms with Crippen molar-refractivity contribution in [3.63, 3.8) is 0 Å². The quantitative estimate of drug-likeness (QED) is 0.867. The first kappa shape index (κ1) is 11.3. The summed E-state index contributed by atoms with van der Waals surface area (Å²) in [6, 6.07) is 3.77. The monoisotopic (exact) mass is 231 g/mol. The zero-order valence-corrected chi connectivity index (χ0v) is 9.50. The number of nitrogens with zero attached hydrogens (tertiary/aromatic N) is 3. The van der Waals surface area contributed by atoms with Crippen LogP contribution in [0.3, 0.4) is 0 Å². The Hall–Kier alpha value is -2.17. The SMILES string of the molecule is Cc1nc(CCC(=O)O)cn1-c1ccncc1. The molecule has 0 amide bonds. The second-order valence-electron chi connectivity index (χ2n) is 3.75. The molecule has 0 fully saturated rings. The molecule has 0 bridgehead atoms. The van der Waals surface area contributed by atoms with Crippen molar-refractivity contribution in [1.29, 1.82) is 0 Å². The second kappa shape index (κ2) is 4.78. The van der Waals surface area contributed by atoms with Crippen molar-refractivity contribution in [2.45, 2.75) is 19.8 Å². The van der Waals surface area contributed by atoms with E-state index in [4.69, 9.17) is 5.11 Å². The van der Waals surface area contributed by atoms with Gasteiger partial charge in [0.15, 0.2) is 0 Å². The maximum absolute atomic E-state index is 10.5. The van der Waals surface area contributed by atoms with Gasteiger partial charge in [0.05, 0.1) is 12.1 Å². The first-order valence-corrected chi connectivity index (χ1v) is 5.34. The molecule has 0 saturated heterocycles. The number of aromatic nitrogens is 3. The summed E-state index contributed by atoms with van der Waals surface area (Å²) in [4.78, 5) is 18.8. The minimum atomic E-state index is -0.805. The molecule has 0 aromatic carbocycles. The van der Waals surface area contributed by atoms with E-state index in [1.54, 1.807) is 12.4 Å². The van der Waals surface area contributed by atoms with Gasteiger partial charge in [0.1, 0.15) is 5.82 Å². The van der Waals surface area contributed by atoms with E-state index in [0.717, 1.165) is 17.2 Å². The average Bonchev–Trinajstić information content (AvgIpc) is 2.69. The Kier molecular flexibility index (Phi) is 3.18. The first-order valence-electron chi connectivity index (χ1n) is 5.34. The number of carboxylic acids is 1. The van der Waals surface area contributed by atoms with E-state index >= 15 is 0 Å². The number of aryl methyl sites for hydroxylation is 2. The third-order valence-corrected chi connectivity index (χ3v) is 2.47. The van der Waals surface area contributed by atoms with Crippen LogP contribution in [0.25, 0.3) is 5.69 Å². The highest BCUT2D eigenvalue weighted by atomic mass is 16.4. The van der Waals surface area contributed by atoms with Crippen LogP contribution < -0.4 is 0 Å². The summed E-state index contributed by atoms with van der Waals surface area (Å²) in [6.07, 6.45) is 5.85. The molecule has 0 saturated carbocycles. The summed E-state index contributed by atoms with van der Waals surface area (Å²) >= 11 is 0. The Morgan fingerprint density at radius 1 is 1.41 bits per heavy atom. The van der Waals surface area contributed by atoms with Gasteiger partial charge in [-0.3, -0.25) is 9.78 Å². The van der Waals surface area contributed by atoms with Crippen LogP contribution in [-0.4, -0.2) is 25.6 Å². The summed E-state index contributed by atoms with van der Waals surface area (Å²) in [7, 11) is 0. The van der Waals surface area contributed by atoms with Gasteiger partial charge in [0.2, 0.25) is 0 Å². The topological polar surface area (TPSA) is 68.0 Å². The lowest BCUT2D eigenvalue weighted by Gasteiger charge is -2.02. The second-order valence-corrected chi connectivity index (χ2v) is 3.75. The number of aliphatic carboxylic acids is 1. The van der Waals surface area contributed by atoms with Crippen LogP contribution >= 0.6 is 0 Å². The van der Waals surface area contributed by atoms with Gasteiger partial charge in [-0.25, -0.2) is 4.98 Å². The Labute approximate surface area is 98.8 Å². The Balaban J connectivity index is 2.22. The lowest BCUT2D eigenvalue weighted by atomic mass is 10.2. The zero-order chi connectivity index (χ0) is 12.3. The lowest BCUT2D eigenvalue weighted by molar-refractivity contribution is -0.136. The molecule has 0 radical (unpaired) electrons. The van der Waals surface area contributed by atoms with E-state index in [1.807, 2.05) is 29.8 Å². The molecule has 5 nitrogen and oxygen atoms in total.